The van der Waals surface area contributed by atoms with Gasteiger partial charge < -0.3 is 9.13 Å². The average molecular weight is 801 g/mol. The van der Waals surface area contributed by atoms with Crippen molar-refractivity contribution in [3.8, 4) is 44.8 Å². The van der Waals surface area contributed by atoms with Crippen molar-refractivity contribution >= 4 is 43.6 Å². The van der Waals surface area contributed by atoms with Crippen molar-refractivity contribution in [2.75, 3.05) is 0 Å². The summed E-state index contributed by atoms with van der Waals surface area (Å²) < 4.78 is 4.89. The van der Waals surface area contributed by atoms with E-state index in [1.807, 2.05) is 0 Å². The fourth-order valence-corrected chi connectivity index (χ4v) is 10.9. The second-order valence-corrected chi connectivity index (χ2v) is 16.8. The van der Waals surface area contributed by atoms with Gasteiger partial charge in [0.25, 0.3) is 0 Å². The van der Waals surface area contributed by atoms with Crippen LogP contribution in [0.15, 0.2) is 243 Å². The highest BCUT2D eigenvalue weighted by molar-refractivity contribution is 6.12. The first-order chi connectivity index (χ1) is 31.3. The number of fused-ring (bicyclic) bond motifs is 9. The fraction of sp³-hybridized carbons (Fsp3) is 0.0164. The van der Waals surface area contributed by atoms with Crippen LogP contribution < -0.4 is 0 Å². The predicted octanol–water partition coefficient (Wildman–Crippen LogP) is 15.6. The monoisotopic (exact) mass is 800 g/mol. The molecule has 0 radical (unpaired) electrons. The summed E-state index contributed by atoms with van der Waals surface area (Å²) in [6.45, 7) is 0. The Balaban J connectivity index is 0.995. The number of rotatable bonds is 6. The van der Waals surface area contributed by atoms with E-state index in [2.05, 4.69) is 252 Å². The van der Waals surface area contributed by atoms with E-state index < -0.39 is 5.41 Å². The standard InChI is InChI=1S/C61H40N2/c1-3-17-41(18-4-1)42-19-15-23-47(37-42)62-58-32-14-10-28-52(58)54-38-43(34-36-59(54)62)44-33-35-53-51-27-9-13-31-57(51)63(60(53)39-44)48-24-16-22-46(40-48)61(45-20-5-2-6-21-45)55-29-11-7-25-49(55)50-26-8-12-30-56(50)61/h1-40H. The molecule has 0 unspecified atom stereocenters. The number of hydrogen-bond acceptors (Lipinski definition) is 0. The Morgan fingerprint density at radius 2 is 0.730 bits per heavy atom. The van der Waals surface area contributed by atoms with Gasteiger partial charge in [-0.2, -0.15) is 0 Å². The Bertz CT molecular complexity index is 3690. The molecule has 2 aromatic heterocycles. The molecular weight excluding hydrogens is 761 g/mol. The number of benzene rings is 10. The maximum absolute atomic E-state index is 2.48. The number of hydrogen-bond donors (Lipinski definition) is 0. The summed E-state index contributed by atoms with van der Waals surface area (Å²) in [5.74, 6) is 0. The molecule has 2 heterocycles. The van der Waals surface area contributed by atoms with Crippen molar-refractivity contribution in [3.63, 3.8) is 0 Å². The van der Waals surface area contributed by atoms with Gasteiger partial charge in [-0.1, -0.05) is 188 Å². The van der Waals surface area contributed by atoms with Crippen LogP contribution in [0.5, 0.6) is 0 Å². The molecule has 0 N–H and O–H groups in total. The minimum absolute atomic E-state index is 0.480. The molecule has 0 atom stereocenters. The summed E-state index contributed by atoms with van der Waals surface area (Å²) in [4.78, 5) is 0. The van der Waals surface area contributed by atoms with Gasteiger partial charge in [-0.3, -0.25) is 0 Å². The Labute approximate surface area is 366 Å². The lowest BCUT2D eigenvalue weighted by atomic mass is 9.67. The normalized spacial score (nSPS) is 12.9. The van der Waals surface area contributed by atoms with Gasteiger partial charge in [0.15, 0.2) is 0 Å². The van der Waals surface area contributed by atoms with Gasteiger partial charge >= 0.3 is 0 Å². The van der Waals surface area contributed by atoms with E-state index in [-0.39, 0.29) is 0 Å². The molecule has 63 heavy (non-hydrogen) atoms. The third-order valence-corrected chi connectivity index (χ3v) is 13.6. The van der Waals surface area contributed by atoms with Gasteiger partial charge in [0.1, 0.15) is 0 Å². The quantitative estimate of drug-likeness (QED) is 0.159. The van der Waals surface area contributed by atoms with E-state index in [1.54, 1.807) is 0 Å². The van der Waals surface area contributed by atoms with Crippen LogP contribution in [0.25, 0.3) is 88.4 Å². The first kappa shape index (κ1) is 35.5. The van der Waals surface area contributed by atoms with Crippen LogP contribution in [0.1, 0.15) is 22.3 Å². The van der Waals surface area contributed by atoms with Crippen LogP contribution >= 0.6 is 0 Å². The third kappa shape index (κ3) is 5.25. The fourth-order valence-electron chi connectivity index (χ4n) is 10.9. The van der Waals surface area contributed by atoms with E-state index in [1.165, 1.54) is 99.2 Å². The number of nitrogens with zero attached hydrogens (tertiary/aromatic N) is 2. The van der Waals surface area contributed by atoms with Crippen molar-refractivity contribution in [1.82, 2.24) is 9.13 Å². The SMILES string of the molecule is c1ccc(-c2cccc(-n3c4ccccc4c4cc(-c5ccc6c7ccccc7n(-c7cccc(C8(c9ccccc9)c9ccccc9-c9ccccc98)c7)c6c5)ccc43)c2)cc1. The molecule has 12 aromatic rings. The summed E-state index contributed by atoms with van der Waals surface area (Å²) in [7, 11) is 0. The molecule has 13 rings (SSSR count). The van der Waals surface area contributed by atoms with Gasteiger partial charge in [-0.25, -0.2) is 0 Å². The van der Waals surface area contributed by atoms with E-state index in [4.69, 9.17) is 0 Å². The zero-order valence-corrected chi connectivity index (χ0v) is 34.5. The molecule has 0 fully saturated rings. The number of aromatic nitrogens is 2. The highest BCUT2D eigenvalue weighted by Gasteiger charge is 2.46. The summed E-state index contributed by atoms with van der Waals surface area (Å²) in [5.41, 5.74) is 19.1. The van der Waals surface area contributed by atoms with E-state index >= 15 is 0 Å². The molecule has 0 saturated heterocycles. The maximum atomic E-state index is 2.48. The molecule has 0 amide bonds. The molecule has 294 valence electrons. The summed E-state index contributed by atoms with van der Waals surface area (Å²) >= 11 is 0. The highest BCUT2D eigenvalue weighted by atomic mass is 15.0. The van der Waals surface area contributed by atoms with Crippen molar-refractivity contribution in [2.45, 2.75) is 5.41 Å². The zero-order chi connectivity index (χ0) is 41.5. The van der Waals surface area contributed by atoms with Crippen LogP contribution in [0.2, 0.25) is 0 Å². The maximum Gasteiger partial charge on any atom is 0.0714 e. The molecule has 1 aliphatic rings. The first-order valence-electron chi connectivity index (χ1n) is 21.8. The van der Waals surface area contributed by atoms with Crippen LogP contribution in [-0.2, 0) is 5.41 Å². The second-order valence-electron chi connectivity index (χ2n) is 16.8. The van der Waals surface area contributed by atoms with E-state index in [0.29, 0.717) is 0 Å². The second kappa shape index (κ2) is 13.9. The number of para-hydroxylation sites is 2. The molecule has 10 aromatic carbocycles. The molecular formula is C61H40N2. The topological polar surface area (TPSA) is 9.86 Å². The van der Waals surface area contributed by atoms with Crippen molar-refractivity contribution in [1.29, 1.82) is 0 Å². The molecule has 0 spiro atoms. The Kier molecular flexibility index (Phi) is 7.85. The minimum atomic E-state index is -0.480. The summed E-state index contributed by atoms with van der Waals surface area (Å²) in [6, 6.07) is 89.6. The molecule has 2 nitrogen and oxygen atoms in total. The van der Waals surface area contributed by atoms with Crippen molar-refractivity contribution in [3.05, 3.63) is 265 Å². The lowest BCUT2D eigenvalue weighted by molar-refractivity contribution is 0.767. The van der Waals surface area contributed by atoms with Crippen LogP contribution in [0.4, 0.5) is 0 Å². The molecule has 1 aliphatic carbocycles. The third-order valence-electron chi connectivity index (χ3n) is 13.6. The Morgan fingerprint density at radius 3 is 1.46 bits per heavy atom. The summed E-state index contributed by atoms with van der Waals surface area (Å²) in [6.07, 6.45) is 0. The first-order valence-corrected chi connectivity index (χ1v) is 21.8. The Hall–Kier alpha value is -8.20. The van der Waals surface area contributed by atoms with Gasteiger partial charge in [-0.05, 0) is 110 Å². The molecule has 0 aliphatic heterocycles. The Morgan fingerprint density at radius 1 is 0.254 bits per heavy atom. The van der Waals surface area contributed by atoms with E-state index in [0.717, 1.165) is 11.4 Å². The van der Waals surface area contributed by atoms with Gasteiger partial charge in [-0.15, -0.1) is 0 Å². The molecule has 2 heteroatoms. The summed E-state index contributed by atoms with van der Waals surface area (Å²) in [5, 5.41) is 4.97. The van der Waals surface area contributed by atoms with Crippen LogP contribution in [-0.4, -0.2) is 9.13 Å². The van der Waals surface area contributed by atoms with Crippen LogP contribution in [0.3, 0.4) is 0 Å². The highest BCUT2D eigenvalue weighted by Crippen LogP contribution is 2.56. The predicted molar refractivity (Wildman–Crippen MR) is 263 cm³/mol. The largest absolute Gasteiger partial charge is 0.309 e. The van der Waals surface area contributed by atoms with Gasteiger partial charge in [0, 0.05) is 32.9 Å². The smallest absolute Gasteiger partial charge is 0.0714 e. The molecule has 0 bridgehead atoms. The van der Waals surface area contributed by atoms with Gasteiger partial charge in [0.05, 0.1) is 27.5 Å². The van der Waals surface area contributed by atoms with Crippen molar-refractivity contribution < 1.29 is 0 Å². The lowest BCUT2D eigenvalue weighted by Crippen LogP contribution is -2.28. The zero-order valence-electron chi connectivity index (χ0n) is 34.5. The minimum Gasteiger partial charge on any atom is -0.309 e. The van der Waals surface area contributed by atoms with Crippen LogP contribution in [0, 0.1) is 0 Å². The van der Waals surface area contributed by atoms with Crippen molar-refractivity contribution in [2.24, 2.45) is 0 Å². The lowest BCUT2D eigenvalue weighted by Gasteiger charge is -2.34. The molecule has 0 saturated carbocycles. The van der Waals surface area contributed by atoms with Gasteiger partial charge in [0.2, 0.25) is 0 Å². The van der Waals surface area contributed by atoms with E-state index in [9.17, 15) is 0 Å². The average Bonchev–Trinajstić information content (AvgIpc) is 3.98.